The Morgan fingerprint density at radius 3 is 2.17 bits per heavy atom. The van der Waals surface area contributed by atoms with E-state index in [0.29, 0.717) is 0 Å². The van der Waals surface area contributed by atoms with Crippen molar-refractivity contribution in [1.29, 1.82) is 0 Å². The zero-order chi connectivity index (χ0) is 5.15. The molecule has 0 aliphatic carbocycles. The van der Waals surface area contributed by atoms with Crippen LogP contribution >= 0.6 is 11.8 Å². The van der Waals surface area contributed by atoms with Gasteiger partial charge < -0.3 is 0 Å². The summed E-state index contributed by atoms with van der Waals surface area (Å²) >= 11 is 4.08. The fraction of sp³-hybridized carbons (Fsp3) is 0. The quantitative estimate of drug-likeness (QED) is 0.284. The lowest BCUT2D eigenvalue weighted by Gasteiger charge is -1.83. The first kappa shape index (κ1) is 5.42. The molecule has 0 N–H and O–H groups in total. The number of nitrogens with zero attached hydrogens (tertiary/aromatic N) is 2. The highest BCUT2D eigenvalue weighted by atomic mass is 35.5. The molecule has 0 aromatic carbocycles. The predicted octanol–water partition coefficient (Wildman–Crippen LogP) is 0.518. The molecule has 0 heterocycles. The minimum Gasteiger partial charge on any atom is -0.231 e. The molecule has 6 heteroatoms. The fourth-order valence-electron chi connectivity index (χ4n) is 0. The first-order valence-electron chi connectivity index (χ1n) is 0.903. The first-order valence-corrected chi connectivity index (χ1v) is 1.24. The molecule has 0 aliphatic heterocycles. The summed E-state index contributed by atoms with van der Waals surface area (Å²) < 4.78 is 9.58. The molecule has 0 saturated carbocycles. The highest BCUT2D eigenvalue weighted by Gasteiger charge is 2.03. The minimum absolute atomic E-state index is 1.14. The molecule has 0 amide bonds. The highest BCUT2D eigenvalue weighted by Crippen LogP contribution is 1.90. The maximum absolute atomic E-state index is 10.7. The highest BCUT2D eigenvalue weighted by molar-refractivity contribution is 6.11. The average Bonchev–Trinajstić information content (AvgIpc) is 1.36. The van der Waals surface area contributed by atoms with E-state index in [9.17, 15) is 4.48 Å². The number of hydrazine groups is 1. The Morgan fingerprint density at radius 1 is 2.00 bits per heavy atom. The fourth-order valence-corrected chi connectivity index (χ4v) is 0. The van der Waals surface area contributed by atoms with Crippen LogP contribution in [0.15, 0.2) is 0 Å². The van der Waals surface area contributed by atoms with Gasteiger partial charge in [0.2, 0.25) is 5.03 Å². The van der Waals surface area contributed by atoms with Crippen LogP contribution in [0.5, 0.6) is 0 Å². The molecule has 0 bridgehead atoms. The second-order valence-corrected chi connectivity index (χ2v) is 0.732. The van der Waals surface area contributed by atoms with E-state index in [1.807, 2.05) is 0 Å². The largest absolute Gasteiger partial charge is 0.231 e. The summed E-state index contributed by atoms with van der Waals surface area (Å²) in [6.07, 6.45) is 0. The first-order chi connectivity index (χ1) is 2.64. The second kappa shape index (κ2) is 1.76. The van der Waals surface area contributed by atoms with E-state index in [-0.39, 0.29) is 0 Å². The van der Waals surface area contributed by atoms with E-state index in [4.69, 9.17) is 10.1 Å². The van der Waals surface area contributed by atoms with E-state index in [1.165, 1.54) is 0 Å². The van der Waals surface area contributed by atoms with Gasteiger partial charge in [0, 0.05) is 0 Å². The molecule has 0 rings (SSSR count). The SMILES string of the molecule is O=[N+]([O-])N(F)Cl. The summed E-state index contributed by atoms with van der Waals surface area (Å²) in [6.45, 7) is 0. The standard InChI is InChI=1S/ClFN2O2/c1-3(2)4(5)6. The van der Waals surface area contributed by atoms with Crippen LogP contribution in [0.2, 0.25) is 0 Å². The average molecular weight is 114 g/mol. The third-order valence-electron chi connectivity index (χ3n) is 0.123. The normalized spacial score (nSPS) is 7.67. The van der Waals surface area contributed by atoms with Crippen molar-refractivity contribution in [2.75, 3.05) is 0 Å². The monoisotopic (exact) mass is 114 g/mol. The van der Waals surface area contributed by atoms with Crippen LogP contribution in [-0.2, 0) is 0 Å². The molecule has 0 radical (unpaired) electrons. The van der Waals surface area contributed by atoms with Crippen molar-refractivity contribution in [3.05, 3.63) is 10.1 Å². The molecule has 4 nitrogen and oxygen atoms in total. The minimum atomic E-state index is -1.40. The molecular weight excluding hydrogens is 114 g/mol. The number of hydrogen-bond acceptors (Lipinski definition) is 2. The molecule has 0 spiro atoms. The van der Waals surface area contributed by atoms with E-state index >= 15 is 0 Å². The van der Waals surface area contributed by atoms with Crippen molar-refractivity contribution in [2.24, 2.45) is 0 Å². The number of hydrogen-bond donors (Lipinski definition) is 0. The molecule has 0 aromatic heterocycles. The van der Waals surface area contributed by atoms with Crippen LogP contribution in [0.25, 0.3) is 0 Å². The van der Waals surface area contributed by atoms with Gasteiger partial charge >= 0.3 is 0 Å². The van der Waals surface area contributed by atoms with Crippen molar-refractivity contribution in [3.8, 4) is 0 Å². The van der Waals surface area contributed by atoms with Crippen molar-refractivity contribution >= 4 is 11.8 Å². The Bertz CT molecular complexity index is 62.6. The summed E-state index contributed by atoms with van der Waals surface area (Å²) in [5.74, 6) is 0. The van der Waals surface area contributed by atoms with Gasteiger partial charge in [0.15, 0.2) is 4.75 Å². The van der Waals surface area contributed by atoms with E-state index < -0.39 is 9.78 Å². The second-order valence-electron chi connectivity index (χ2n) is 0.453. The Kier molecular flexibility index (Phi) is 1.59. The molecule has 6 heavy (non-hydrogen) atoms. The van der Waals surface area contributed by atoms with Crippen LogP contribution in [0, 0.1) is 10.1 Å². The van der Waals surface area contributed by atoms with Crippen molar-refractivity contribution in [1.82, 2.24) is 4.75 Å². The Hall–Kier alpha value is -0.580. The lowest BCUT2D eigenvalue weighted by atomic mass is 12.7. The van der Waals surface area contributed by atoms with Crippen molar-refractivity contribution in [3.63, 3.8) is 0 Å². The van der Waals surface area contributed by atoms with Crippen LogP contribution < -0.4 is 0 Å². The van der Waals surface area contributed by atoms with E-state index in [2.05, 4.69) is 11.8 Å². The van der Waals surface area contributed by atoms with Gasteiger partial charge in [-0.2, -0.15) is 0 Å². The summed E-state index contributed by atoms with van der Waals surface area (Å²) in [6, 6.07) is 0. The van der Waals surface area contributed by atoms with E-state index in [0.717, 1.165) is 0 Å². The van der Waals surface area contributed by atoms with Crippen molar-refractivity contribution < 1.29 is 9.51 Å². The van der Waals surface area contributed by atoms with Crippen LogP contribution in [0.3, 0.4) is 0 Å². The van der Waals surface area contributed by atoms with Gasteiger partial charge in [-0.05, 0) is 4.48 Å². The lowest BCUT2D eigenvalue weighted by Crippen LogP contribution is -2.07. The summed E-state index contributed by atoms with van der Waals surface area (Å²) in [5.41, 5.74) is 0. The van der Waals surface area contributed by atoms with Gasteiger partial charge in [-0.25, -0.2) is 10.1 Å². The van der Waals surface area contributed by atoms with Gasteiger partial charge in [-0.15, -0.1) is 0 Å². The molecule has 0 saturated heterocycles. The molecule has 0 unspecified atom stereocenters. The third kappa shape index (κ3) is 1.71. The van der Waals surface area contributed by atoms with Crippen LogP contribution in [0.4, 0.5) is 4.48 Å². The summed E-state index contributed by atoms with van der Waals surface area (Å²) in [7, 11) is 0. The molecule has 0 aliphatic rings. The molecule has 36 valence electrons. The molecule has 0 atom stereocenters. The predicted molar refractivity (Wildman–Crippen MR) is 15.8 cm³/mol. The summed E-state index contributed by atoms with van der Waals surface area (Å²) in [5, 5.41) is 7.52. The van der Waals surface area contributed by atoms with E-state index in [1.54, 1.807) is 0 Å². The van der Waals surface area contributed by atoms with Gasteiger partial charge in [0.25, 0.3) is 0 Å². The molecule has 0 aromatic rings. The molecular formula is ClFN2O2. The topological polar surface area (TPSA) is 46.4 Å². The third-order valence-corrected chi connectivity index (χ3v) is 0.247. The van der Waals surface area contributed by atoms with Crippen LogP contribution in [-0.4, -0.2) is 9.78 Å². The van der Waals surface area contributed by atoms with Gasteiger partial charge in [0.05, 0.1) is 0 Å². The van der Waals surface area contributed by atoms with Crippen molar-refractivity contribution in [2.45, 2.75) is 0 Å². The van der Waals surface area contributed by atoms with Gasteiger partial charge in [0.1, 0.15) is 11.8 Å². The maximum Gasteiger partial charge on any atom is 0.208 e. The lowest BCUT2D eigenvalue weighted by molar-refractivity contribution is -0.668. The van der Waals surface area contributed by atoms with Gasteiger partial charge in [-0.3, -0.25) is 0 Å². The van der Waals surface area contributed by atoms with Crippen LogP contribution in [0.1, 0.15) is 0 Å². The Morgan fingerprint density at radius 2 is 2.17 bits per heavy atom. The smallest absolute Gasteiger partial charge is 0.208 e. The van der Waals surface area contributed by atoms with Gasteiger partial charge in [-0.1, -0.05) is 0 Å². The number of rotatable bonds is 1. The zero-order valence-corrected chi connectivity index (χ0v) is 3.22. The summed E-state index contributed by atoms with van der Waals surface area (Å²) in [4.78, 5) is 8.92. The number of halogens is 2. The molecule has 0 fully saturated rings. The Labute approximate surface area is 37.3 Å². The zero-order valence-electron chi connectivity index (χ0n) is 2.47. The number of nitro groups is 1. The Balaban J connectivity index is 3.26. The maximum atomic E-state index is 10.7.